The van der Waals surface area contributed by atoms with Gasteiger partial charge in [0.25, 0.3) is 0 Å². The average molecular weight is 294 g/mol. The highest BCUT2D eigenvalue weighted by molar-refractivity contribution is 7.99. The van der Waals surface area contributed by atoms with Crippen molar-refractivity contribution in [1.29, 1.82) is 0 Å². The Morgan fingerprint density at radius 2 is 1.67 bits per heavy atom. The van der Waals surface area contributed by atoms with Crippen LogP contribution in [0.1, 0.15) is 10.4 Å². The highest BCUT2D eigenvalue weighted by atomic mass is 32.2. The van der Waals surface area contributed by atoms with Crippen molar-refractivity contribution in [3.8, 4) is 0 Å². The zero-order chi connectivity index (χ0) is 14.8. The number of anilines is 1. The predicted molar refractivity (Wildman–Crippen MR) is 87.4 cm³/mol. The Hall–Kier alpha value is -2.46. The molecule has 3 rings (SSSR count). The van der Waals surface area contributed by atoms with Gasteiger partial charge in [-0.15, -0.1) is 0 Å². The number of nitrogens with two attached hydrogens (primary N) is 2. The second kappa shape index (κ2) is 5.50. The van der Waals surface area contributed by atoms with E-state index in [0.29, 0.717) is 11.3 Å². The molecule has 3 nitrogen and oxygen atoms in total. The first-order valence-electron chi connectivity index (χ1n) is 6.49. The third-order valence-corrected chi connectivity index (χ3v) is 4.27. The van der Waals surface area contributed by atoms with Gasteiger partial charge in [-0.05, 0) is 41.1 Å². The fourth-order valence-electron chi connectivity index (χ4n) is 2.18. The molecule has 4 heteroatoms. The van der Waals surface area contributed by atoms with E-state index in [4.69, 9.17) is 11.5 Å². The molecule has 4 N–H and O–H groups in total. The van der Waals surface area contributed by atoms with Gasteiger partial charge in [-0.25, -0.2) is 0 Å². The number of carbonyl (C=O) groups is 1. The second-order valence-corrected chi connectivity index (χ2v) is 5.85. The summed E-state index contributed by atoms with van der Waals surface area (Å²) in [4.78, 5) is 13.3. The van der Waals surface area contributed by atoms with Crippen molar-refractivity contribution >= 4 is 34.1 Å². The summed E-state index contributed by atoms with van der Waals surface area (Å²) in [5.74, 6) is -0.446. The van der Waals surface area contributed by atoms with Crippen molar-refractivity contribution in [3.05, 3.63) is 66.2 Å². The van der Waals surface area contributed by atoms with Gasteiger partial charge in [-0.1, -0.05) is 42.1 Å². The molecular weight excluding hydrogens is 280 g/mol. The van der Waals surface area contributed by atoms with E-state index >= 15 is 0 Å². The van der Waals surface area contributed by atoms with Gasteiger partial charge in [0.05, 0.1) is 5.56 Å². The van der Waals surface area contributed by atoms with Crippen molar-refractivity contribution in [2.45, 2.75) is 9.79 Å². The van der Waals surface area contributed by atoms with Crippen LogP contribution in [0.5, 0.6) is 0 Å². The molecule has 0 saturated carbocycles. The van der Waals surface area contributed by atoms with E-state index in [1.54, 1.807) is 18.2 Å². The number of hydrogen-bond acceptors (Lipinski definition) is 3. The molecule has 3 aromatic rings. The SMILES string of the molecule is NC(=O)c1ccc(N)cc1Sc1ccc2ccccc2c1. The molecule has 1 amide bonds. The molecule has 0 saturated heterocycles. The summed E-state index contributed by atoms with van der Waals surface area (Å²) in [6, 6.07) is 19.5. The van der Waals surface area contributed by atoms with Crippen LogP contribution in [0.3, 0.4) is 0 Å². The fraction of sp³-hybridized carbons (Fsp3) is 0. The number of benzene rings is 3. The number of nitrogen functional groups attached to an aromatic ring is 1. The van der Waals surface area contributed by atoms with Crippen molar-refractivity contribution in [1.82, 2.24) is 0 Å². The Labute approximate surface area is 126 Å². The molecule has 3 aromatic carbocycles. The smallest absolute Gasteiger partial charge is 0.249 e. The maximum atomic E-state index is 11.5. The zero-order valence-corrected chi connectivity index (χ0v) is 12.1. The first-order valence-corrected chi connectivity index (χ1v) is 7.31. The minimum atomic E-state index is -0.446. The van der Waals surface area contributed by atoms with Gasteiger partial charge >= 0.3 is 0 Å². The molecule has 21 heavy (non-hydrogen) atoms. The lowest BCUT2D eigenvalue weighted by atomic mass is 10.1. The molecule has 0 aliphatic carbocycles. The minimum absolute atomic E-state index is 0.446. The van der Waals surface area contributed by atoms with Crippen molar-refractivity contribution in [2.75, 3.05) is 5.73 Å². The maximum absolute atomic E-state index is 11.5. The molecule has 0 aliphatic rings. The molecule has 0 unspecified atom stereocenters. The molecule has 0 aliphatic heterocycles. The Morgan fingerprint density at radius 3 is 2.43 bits per heavy atom. The summed E-state index contributed by atoms with van der Waals surface area (Å²) >= 11 is 1.49. The quantitative estimate of drug-likeness (QED) is 0.724. The maximum Gasteiger partial charge on any atom is 0.249 e. The summed E-state index contributed by atoms with van der Waals surface area (Å²) in [7, 11) is 0. The topological polar surface area (TPSA) is 69.1 Å². The molecule has 0 bridgehead atoms. The Morgan fingerprint density at radius 1 is 0.905 bits per heavy atom. The van der Waals surface area contributed by atoms with Gasteiger partial charge in [0.15, 0.2) is 0 Å². The number of rotatable bonds is 3. The first-order chi connectivity index (χ1) is 10.1. The van der Waals surface area contributed by atoms with E-state index in [9.17, 15) is 4.79 Å². The van der Waals surface area contributed by atoms with Crippen molar-refractivity contribution in [2.24, 2.45) is 5.73 Å². The highest BCUT2D eigenvalue weighted by Gasteiger charge is 2.10. The molecule has 0 heterocycles. The van der Waals surface area contributed by atoms with Crippen LogP contribution in [0, 0.1) is 0 Å². The van der Waals surface area contributed by atoms with E-state index in [2.05, 4.69) is 24.3 Å². The van der Waals surface area contributed by atoms with E-state index in [-0.39, 0.29) is 0 Å². The standard InChI is InChI=1S/C17H14N2OS/c18-13-6-8-15(17(19)20)16(10-13)21-14-7-5-11-3-1-2-4-12(11)9-14/h1-10H,18H2,(H2,19,20). The number of amides is 1. The van der Waals surface area contributed by atoms with Crippen molar-refractivity contribution < 1.29 is 4.79 Å². The molecule has 0 spiro atoms. The van der Waals surface area contributed by atoms with Gasteiger partial charge in [-0.2, -0.15) is 0 Å². The lowest BCUT2D eigenvalue weighted by Gasteiger charge is -2.08. The van der Waals surface area contributed by atoms with Crippen LogP contribution in [0.15, 0.2) is 70.5 Å². The summed E-state index contributed by atoms with van der Waals surface area (Å²) in [6.45, 7) is 0. The highest BCUT2D eigenvalue weighted by Crippen LogP contribution is 2.33. The minimum Gasteiger partial charge on any atom is -0.399 e. The summed E-state index contributed by atoms with van der Waals surface area (Å²) in [6.07, 6.45) is 0. The van der Waals surface area contributed by atoms with Crippen LogP contribution in [-0.4, -0.2) is 5.91 Å². The molecular formula is C17H14N2OS. The third kappa shape index (κ3) is 2.85. The first kappa shape index (κ1) is 13.5. The Kier molecular flexibility index (Phi) is 3.54. The number of hydrogen-bond donors (Lipinski definition) is 2. The molecule has 0 radical (unpaired) electrons. The molecule has 0 atom stereocenters. The summed E-state index contributed by atoms with van der Waals surface area (Å²) in [5, 5.41) is 2.34. The van der Waals surface area contributed by atoms with Gasteiger partial charge in [0.1, 0.15) is 0 Å². The number of carbonyl (C=O) groups excluding carboxylic acids is 1. The Balaban J connectivity index is 2.02. The van der Waals surface area contributed by atoms with Crippen LogP contribution in [0.25, 0.3) is 10.8 Å². The van der Waals surface area contributed by atoms with Gasteiger partial charge in [-0.3, -0.25) is 4.79 Å². The van der Waals surface area contributed by atoms with E-state index in [0.717, 1.165) is 15.2 Å². The van der Waals surface area contributed by atoms with Gasteiger partial charge in [0, 0.05) is 15.5 Å². The Bertz CT molecular complexity index is 830. The van der Waals surface area contributed by atoms with Gasteiger partial charge < -0.3 is 11.5 Å². The van der Waals surface area contributed by atoms with Crippen LogP contribution in [-0.2, 0) is 0 Å². The molecule has 0 fully saturated rings. The zero-order valence-electron chi connectivity index (χ0n) is 11.2. The second-order valence-electron chi connectivity index (χ2n) is 4.73. The lowest BCUT2D eigenvalue weighted by molar-refractivity contribution is 0.0997. The van der Waals surface area contributed by atoms with Crippen LogP contribution in [0.4, 0.5) is 5.69 Å². The largest absolute Gasteiger partial charge is 0.399 e. The van der Waals surface area contributed by atoms with Gasteiger partial charge in [0.2, 0.25) is 5.91 Å². The number of fused-ring (bicyclic) bond motifs is 1. The van der Waals surface area contributed by atoms with E-state index in [1.165, 1.54) is 17.1 Å². The summed E-state index contributed by atoms with van der Waals surface area (Å²) in [5.41, 5.74) is 12.3. The third-order valence-electron chi connectivity index (χ3n) is 3.22. The molecule has 104 valence electrons. The number of primary amides is 1. The summed E-state index contributed by atoms with van der Waals surface area (Å²) < 4.78 is 0. The van der Waals surface area contributed by atoms with E-state index in [1.807, 2.05) is 18.2 Å². The van der Waals surface area contributed by atoms with Crippen LogP contribution >= 0.6 is 11.8 Å². The normalized spacial score (nSPS) is 10.7. The molecule has 0 aromatic heterocycles. The average Bonchev–Trinajstić information content (AvgIpc) is 2.47. The lowest BCUT2D eigenvalue weighted by Crippen LogP contribution is -2.12. The predicted octanol–water partition coefficient (Wildman–Crippen LogP) is 3.67. The van der Waals surface area contributed by atoms with Crippen LogP contribution in [0.2, 0.25) is 0 Å². The van der Waals surface area contributed by atoms with Crippen molar-refractivity contribution in [3.63, 3.8) is 0 Å². The monoisotopic (exact) mass is 294 g/mol. The van der Waals surface area contributed by atoms with Crippen LogP contribution < -0.4 is 11.5 Å². The fourth-order valence-corrected chi connectivity index (χ4v) is 3.23. The van der Waals surface area contributed by atoms with E-state index < -0.39 is 5.91 Å².